The summed E-state index contributed by atoms with van der Waals surface area (Å²) in [6, 6.07) is 11.2. The van der Waals surface area contributed by atoms with Gasteiger partial charge in [-0.3, -0.25) is 9.69 Å². The number of benzene rings is 2. The monoisotopic (exact) mass is 508 g/mol. The minimum absolute atomic E-state index is 0.0145. The summed E-state index contributed by atoms with van der Waals surface area (Å²) in [6.45, 7) is 1.97. The lowest BCUT2D eigenvalue weighted by Gasteiger charge is -2.64. The number of aromatic hydroxyl groups is 1. The second-order valence-corrected chi connectivity index (χ2v) is 12.1. The number of likely N-dealkylation sites (tertiary alicyclic amines) is 1. The lowest BCUT2D eigenvalue weighted by atomic mass is 9.48. The first-order valence-electron chi connectivity index (χ1n) is 13.4. The predicted octanol–water partition coefficient (Wildman–Crippen LogP) is 3.73. The molecule has 2 bridgehead atoms. The minimum atomic E-state index is -0.929. The number of rotatable bonds is 6. The highest BCUT2D eigenvalue weighted by Crippen LogP contribution is 2.65. The van der Waals surface area contributed by atoms with Crippen LogP contribution in [0.4, 0.5) is 0 Å². The van der Waals surface area contributed by atoms with Gasteiger partial charge < -0.3 is 20.3 Å². The summed E-state index contributed by atoms with van der Waals surface area (Å²) >= 11 is 5.99. The number of phenols is 1. The molecule has 2 saturated carbocycles. The van der Waals surface area contributed by atoms with Gasteiger partial charge in [-0.1, -0.05) is 29.8 Å². The van der Waals surface area contributed by atoms with Gasteiger partial charge in [0, 0.05) is 29.6 Å². The van der Waals surface area contributed by atoms with Crippen LogP contribution in [0.25, 0.3) is 0 Å². The van der Waals surface area contributed by atoms with Gasteiger partial charge in [0.2, 0.25) is 5.91 Å². The summed E-state index contributed by atoms with van der Waals surface area (Å²) in [5, 5.41) is 27.2. The van der Waals surface area contributed by atoms with E-state index < -0.39 is 11.0 Å². The summed E-state index contributed by atoms with van der Waals surface area (Å²) in [5.41, 5.74) is 1.71. The molecule has 5 atom stereocenters. The highest BCUT2D eigenvalue weighted by molar-refractivity contribution is 6.30. The molecule has 36 heavy (non-hydrogen) atoms. The van der Waals surface area contributed by atoms with Crippen molar-refractivity contribution in [1.29, 1.82) is 0 Å². The van der Waals surface area contributed by atoms with E-state index in [2.05, 4.69) is 10.2 Å². The van der Waals surface area contributed by atoms with Gasteiger partial charge in [0.25, 0.3) is 0 Å². The fourth-order valence-corrected chi connectivity index (χ4v) is 7.94. The molecular formula is C29H33ClN2O4. The number of ether oxygens (including phenoxy) is 1. The first-order valence-corrected chi connectivity index (χ1v) is 13.8. The Morgan fingerprint density at radius 1 is 1.14 bits per heavy atom. The molecule has 190 valence electrons. The quantitative estimate of drug-likeness (QED) is 0.554. The van der Waals surface area contributed by atoms with Crippen LogP contribution in [0.3, 0.4) is 0 Å². The molecule has 1 saturated heterocycles. The fraction of sp³-hybridized carbons (Fsp3) is 0.552. The number of nitrogens with zero attached hydrogens (tertiary/aromatic N) is 1. The largest absolute Gasteiger partial charge is 0.504 e. The van der Waals surface area contributed by atoms with E-state index in [0.717, 1.165) is 43.0 Å². The number of nitrogens with one attached hydrogen (secondary N) is 1. The van der Waals surface area contributed by atoms with Gasteiger partial charge in [0.15, 0.2) is 11.5 Å². The van der Waals surface area contributed by atoms with Gasteiger partial charge in [-0.2, -0.15) is 0 Å². The number of carbonyl (C=O) groups excluding carboxylic acids is 1. The number of aryl methyl sites for hydroxylation is 1. The zero-order valence-electron chi connectivity index (χ0n) is 20.4. The predicted molar refractivity (Wildman–Crippen MR) is 136 cm³/mol. The Balaban J connectivity index is 1.18. The molecule has 3 aliphatic carbocycles. The maximum absolute atomic E-state index is 13.1. The van der Waals surface area contributed by atoms with E-state index in [1.165, 1.54) is 18.4 Å². The number of amides is 1. The normalized spacial score (nSPS) is 34.1. The Labute approximate surface area is 216 Å². The number of phenolic OH excluding ortho intramolecular Hbond substituents is 1. The second kappa shape index (κ2) is 8.11. The molecule has 1 spiro atoms. The van der Waals surface area contributed by atoms with E-state index in [4.69, 9.17) is 16.3 Å². The molecule has 2 aromatic rings. The molecular weight excluding hydrogens is 476 g/mol. The zero-order valence-corrected chi connectivity index (χ0v) is 21.1. The van der Waals surface area contributed by atoms with Crippen LogP contribution < -0.4 is 10.1 Å². The maximum Gasteiger partial charge on any atom is 0.220 e. The molecule has 0 aromatic heterocycles. The molecule has 0 radical (unpaired) electrons. The fourth-order valence-electron chi connectivity index (χ4n) is 7.82. The average molecular weight is 509 g/mol. The van der Waals surface area contributed by atoms with E-state index in [0.29, 0.717) is 36.5 Å². The number of halogens is 1. The molecule has 2 aliphatic heterocycles. The Hall–Kier alpha value is -2.28. The number of carbonyl (C=O) groups is 1. The summed E-state index contributed by atoms with van der Waals surface area (Å²) in [7, 11) is 0. The number of hydrogen-bond donors (Lipinski definition) is 3. The molecule has 7 rings (SSSR count). The van der Waals surface area contributed by atoms with Crippen LogP contribution in [-0.2, 0) is 23.1 Å². The highest BCUT2D eigenvalue weighted by Gasteiger charge is 2.73. The van der Waals surface area contributed by atoms with Gasteiger partial charge in [-0.25, -0.2) is 0 Å². The van der Waals surface area contributed by atoms with E-state index in [1.807, 2.05) is 30.3 Å². The van der Waals surface area contributed by atoms with Crippen molar-refractivity contribution in [3.8, 4) is 11.5 Å². The average Bonchev–Trinajstić information content (AvgIpc) is 3.60. The summed E-state index contributed by atoms with van der Waals surface area (Å²) < 4.78 is 6.53. The third-order valence-corrected chi connectivity index (χ3v) is 9.91. The van der Waals surface area contributed by atoms with Crippen molar-refractivity contribution in [3.05, 3.63) is 58.1 Å². The summed E-state index contributed by atoms with van der Waals surface area (Å²) in [5.74, 6) is 1.39. The number of hydrogen-bond acceptors (Lipinski definition) is 5. The van der Waals surface area contributed by atoms with Crippen LogP contribution in [0.2, 0.25) is 5.02 Å². The Kier molecular flexibility index (Phi) is 5.15. The van der Waals surface area contributed by atoms with Crippen molar-refractivity contribution in [2.24, 2.45) is 5.92 Å². The minimum Gasteiger partial charge on any atom is -0.504 e. The Morgan fingerprint density at radius 3 is 2.72 bits per heavy atom. The Bertz CT molecular complexity index is 1210. The van der Waals surface area contributed by atoms with Gasteiger partial charge in [0.1, 0.15) is 6.10 Å². The molecule has 5 aliphatic rings. The molecule has 7 heteroatoms. The first kappa shape index (κ1) is 22.9. The Morgan fingerprint density at radius 2 is 1.94 bits per heavy atom. The lowest BCUT2D eigenvalue weighted by Crippen LogP contribution is -2.78. The van der Waals surface area contributed by atoms with Crippen molar-refractivity contribution < 1.29 is 19.7 Å². The van der Waals surface area contributed by atoms with Crippen LogP contribution in [0, 0.1) is 5.92 Å². The third kappa shape index (κ3) is 3.27. The molecule has 3 N–H and O–H groups in total. The molecule has 2 heterocycles. The molecule has 6 nitrogen and oxygen atoms in total. The molecule has 0 unspecified atom stereocenters. The van der Waals surface area contributed by atoms with Gasteiger partial charge in [-0.15, -0.1) is 0 Å². The number of piperidine rings is 1. The van der Waals surface area contributed by atoms with E-state index in [-0.39, 0.29) is 29.8 Å². The standard InChI is InChI=1S/C29H33ClN2O4/c30-20-7-3-17(4-8-20)5-10-24(34)31-21-11-12-29(35)23-15-19-6-9-22(33)26-25(19)28(29,27(21)36-26)13-14-32(23)16-18-1-2-18/h3-4,6-9,18,21,23,27,33,35H,1-2,5,10-16H2,(H,31,34)/t21-,23-,27+,28+,29-/m1/s1. The van der Waals surface area contributed by atoms with Crippen LogP contribution in [0.15, 0.2) is 36.4 Å². The van der Waals surface area contributed by atoms with E-state index >= 15 is 0 Å². The highest BCUT2D eigenvalue weighted by atomic mass is 35.5. The van der Waals surface area contributed by atoms with Crippen molar-refractivity contribution >= 4 is 17.5 Å². The maximum atomic E-state index is 13.1. The lowest BCUT2D eigenvalue weighted by molar-refractivity contribution is -0.192. The smallest absolute Gasteiger partial charge is 0.220 e. The first-order chi connectivity index (χ1) is 17.4. The van der Waals surface area contributed by atoms with Crippen LogP contribution >= 0.6 is 11.6 Å². The van der Waals surface area contributed by atoms with Crippen molar-refractivity contribution in [1.82, 2.24) is 10.2 Å². The molecule has 3 fully saturated rings. The number of aliphatic hydroxyl groups is 1. The van der Waals surface area contributed by atoms with Gasteiger partial charge in [-0.05, 0) is 86.7 Å². The van der Waals surface area contributed by atoms with E-state index in [1.54, 1.807) is 6.07 Å². The summed E-state index contributed by atoms with van der Waals surface area (Å²) in [4.78, 5) is 15.6. The van der Waals surface area contributed by atoms with E-state index in [9.17, 15) is 15.0 Å². The van der Waals surface area contributed by atoms with Gasteiger partial charge in [0.05, 0.1) is 17.1 Å². The van der Waals surface area contributed by atoms with Crippen LogP contribution in [0.1, 0.15) is 55.2 Å². The van der Waals surface area contributed by atoms with Crippen LogP contribution in [-0.4, -0.2) is 57.9 Å². The summed E-state index contributed by atoms with van der Waals surface area (Å²) in [6.07, 6.45) is 6.05. The van der Waals surface area contributed by atoms with Crippen LogP contribution in [0.5, 0.6) is 11.5 Å². The second-order valence-electron chi connectivity index (χ2n) is 11.6. The SMILES string of the molecule is O=C(CCc1ccc(Cl)cc1)N[C@@H]1CC[C@@]2(O)[C@H]3Cc4ccc(O)c5c4[C@@]2(CCN3CC2CC2)[C@H]1O5. The van der Waals surface area contributed by atoms with Crippen molar-refractivity contribution in [3.63, 3.8) is 0 Å². The van der Waals surface area contributed by atoms with Gasteiger partial charge >= 0.3 is 0 Å². The zero-order chi connectivity index (χ0) is 24.7. The third-order valence-electron chi connectivity index (χ3n) is 9.66. The molecule has 1 amide bonds. The van der Waals surface area contributed by atoms with Crippen molar-refractivity contribution in [2.45, 2.75) is 80.6 Å². The topological polar surface area (TPSA) is 82.0 Å². The molecule has 2 aromatic carbocycles. The van der Waals surface area contributed by atoms with Crippen molar-refractivity contribution in [2.75, 3.05) is 13.1 Å².